The molecule has 4 rings (SSSR count). The molecule has 33 heavy (non-hydrogen) atoms. The molecule has 4 aromatic rings. The number of anilines is 1. The monoisotopic (exact) mass is 437 g/mol. The van der Waals surface area contributed by atoms with Crippen molar-refractivity contribution < 1.29 is 9.59 Å². The van der Waals surface area contributed by atoms with Crippen LogP contribution in [0.3, 0.4) is 0 Å². The SMILES string of the molecule is Cc1ccccc1CNC(=O)c1cccn(-c2ccc(NC(=O)c3ccccc3)cc2)c1=O. The molecular weight excluding hydrogens is 414 g/mol. The number of hydrogen-bond acceptors (Lipinski definition) is 3. The molecule has 2 N–H and O–H groups in total. The summed E-state index contributed by atoms with van der Waals surface area (Å²) in [4.78, 5) is 38.0. The minimum Gasteiger partial charge on any atom is -0.348 e. The number of amides is 2. The number of nitrogens with one attached hydrogen (secondary N) is 2. The van der Waals surface area contributed by atoms with Gasteiger partial charge in [0.2, 0.25) is 0 Å². The van der Waals surface area contributed by atoms with E-state index in [1.807, 2.05) is 37.3 Å². The van der Waals surface area contributed by atoms with Crippen LogP contribution in [0.5, 0.6) is 0 Å². The molecule has 0 aliphatic rings. The molecule has 0 fully saturated rings. The minimum atomic E-state index is -0.427. The van der Waals surface area contributed by atoms with Gasteiger partial charge in [0.05, 0.1) is 0 Å². The summed E-state index contributed by atoms with van der Waals surface area (Å²) in [6.45, 7) is 2.32. The summed E-state index contributed by atoms with van der Waals surface area (Å²) in [5.41, 5.74) is 3.47. The lowest BCUT2D eigenvalue weighted by molar-refractivity contribution is 0.0948. The van der Waals surface area contributed by atoms with Gasteiger partial charge in [-0.2, -0.15) is 0 Å². The fraction of sp³-hybridized carbons (Fsp3) is 0.0741. The van der Waals surface area contributed by atoms with Crippen LogP contribution in [-0.2, 0) is 6.54 Å². The highest BCUT2D eigenvalue weighted by atomic mass is 16.2. The maximum atomic E-state index is 13.0. The van der Waals surface area contributed by atoms with Crippen molar-refractivity contribution in [3.63, 3.8) is 0 Å². The zero-order valence-electron chi connectivity index (χ0n) is 18.1. The molecule has 0 radical (unpaired) electrons. The number of benzene rings is 3. The summed E-state index contributed by atoms with van der Waals surface area (Å²) in [6, 6.07) is 26.7. The van der Waals surface area contributed by atoms with Gasteiger partial charge in [0, 0.05) is 29.7 Å². The van der Waals surface area contributed by atoms with Gasteiger partial charge in [-0.15, -0.1) is 0 Å². The Labute approximate surface area is 191 Å². The summed E-state index contributed by atoms with van der Waals surface area (Å²) in [6.07, 6.45) is 1.61. The normalized spacial score (nSPS) is 10.5. The highest BCUT2D eigenvalue weighted by Gasteiger charge is 2.13. The molecule has 0 spiro atoms. The lowest BCUT2D eigenvalue weighted by atomic mass is 10.1. The number of aromatic nitrogens is 1. The fourth-order valence-corrected chi connectivity index (χ4v) is 3.45. The number of pyridine rings is 1. The Morgan fingerprint density at radius 3 is 2.21 bits per heavy atom. The summed E-state index contributed by atoms with van der Waals surface area (Å²) in [5, 5.41) is 5.65. The second-order valence-electron chi connectivity index (χ2n) is 7.57. The van der Waals surface area contributed by atoms with E-state index in [0.717, 1.165) is 11.1 Å². The van der Waals surface area contributed by atoms with Crippen molar-refractivity contribution in [1.82, 2.24) is 9.88 Å². The van der Waals surface area contributed by atoms with E-state index >= 15 is 0 Å². The number of hydrogen-bond donors (Lipinski definition) is 2. The van der Waals surface area contributed by atoms with Crippen LogP contribution < -0.4 is 16.2 Å². The largest absolute Gasteiger partial charge is 0.348 e. The van der Waals surface area contributed by atoms with Crippen LogP contribution in [0.25, 0.3) is 5.69 Å². The molecule has 0 aliphatic carbocycles. The molecule has 0 saturated heterocycles. The molecule has 0 aliphatic heterocycles. The smallest absolute Gasteiger partial charge is 0.267 e. The second-order valence-corrected chi connectivity index (χ2v) is 7.57. The maximum Gasteiger partial charge on any atom is 0.267 e. The van der Waals surface area contributed by atoms with Crippen molar-refractivity contribution >= 4 is 17.5 Å². The number of carbonyl (C=O) groups excluding carboxylic acids is 2. The molecule has 0 bridgehead atoms. The van der Waals surface area contributed by atoms with E-state index in [1.165, 1.54) is 10.6 Å². The average molecular weight is 437 g/mol. The standard InChI is InChI=1S/C27H23N3O3/c1-19-8-5-6-11-21(19)18-28-26(32)24-12-7-17-30(27(24)33)23-15-13-22(14-16-23)29-25(31)20-9-3-2-4-10-20/h2-17H,18H2,1H3,(H,28,32)(H,29,31). The number of carbonyl (C=O) groups is 2. The van der Waals surface area contributed by atoms with Gasteiger partial charge in [0.25, 0.3) is 17.4 Å². The van der Waals surface area contributed by atoms with E-state index in [1.54, 1.807) is 60.8 Å². The summed E-state index contributed by atoms with van der Waals surface area (Å²) < 4.78 is 1.41. The van der Waals surface area contributed by atoms with Crippen LogP contribution in [0.1, 0.15) is 31.8 Å². The van der Waals surface area contributed by atoms with E-state index in [9.17, 15) is 14.4 Å². The molecule has 1 aromatic heterocycles. The van der Waals surface area contributed by atoms with Crippen molar-refractivity contribution in [1.29, 1.82) is 0 Å². The van der Waals surface area contributed by atoms with Crippen molar-refractivity contribution in [3.05, 3.63) is 130 Å². The molecular formula is C27H23N3O3. The van der Waals surface area contributed by atoms with E-state index < -0.39 is 11.5 Å². The average Bonchev–Trinajstić information content (AvgIpc) is 2.84. The number of nitrogens with zero attached hydrogens (tertiary/aromatic N) is 1. The Hall–Kier alpha value is -4.45. The Bertz CT molecular complexity index is 1340. The molecule has 2 amide bonds. The molecule has 0 atom stereocenters. The first-order chi connectivity index (χ1) is 16.0. The van der Waals surface area contributed by atoms with E-state index in [0.29, 0.717) is 23.5 Å². The third-order valence-corrected chi connectivity index (χ3v) is 5.33. The maximum absolute atomic E-state index is 13.0. The van der Waals surface area contributed by atoms with Crippen molar-refractivity contribution in [2.45, 2.75) is 13.5 Å². The van der Waals surface area contributed by atoms with Crippen molar-refractivity contribution in [2.24, 2.45) is 0 Å². The first-order valence-electron chi connectivity index (χ1n) is 10.5. The highest BCUT2D eigenvalue weighted by molar-refractivity contribution is 6.04. The van der Waals surface area contributed by atoms with E-state index in [-0.39, 0.29) is 11.5 Å². The quantitative estimate of drug-likeness (QED) is 0.471. The summed E-state index contributed by atoms with van der Waals surface area (Å²) in [5.74, 6) is -0.641. The van der Waals surface area contributed by atoms with Gasteiger partial charge in [-0.3, -0.25) is 19.0 Å². The molecule has 6 nitrogen and oxygen atoms in total. The molecule has 0 unspecified atom stereocenters. The van der Waals surface area contributed by atoms with Crippen LogP contribution in [0, 0.1) is 6.92 Å². The van der Waals surface area contributed by atoms with Gasteiger partial charge in [0.15, 0.2) is 0 Å². The van der Waals surface area contributed by atoms with Crippen LogP contribution >= 0.6 is 0 Å². The molecule has 0 saturated carbocycles. The van der Waals surface area contributed by atoms with Crippen LogP contribution in [0.15, 0.2) is 102 Å². The molecule has 6 heteroatoms. The van der Waals surface area contributed by atoms with Crippen LogP contribution in [-0.4, -0.2) is 16.4 Å². The minimum absolute atomic E-state index is 0.0625. The Morgan fingerprint density at radius 2 is 1.48 bits per heavy atom. The van der Waals surface area contributed by atoms with E-state index in [2.05, 4.69) is 10.6 Å². The van der Waals surface area contributed by atoms with Gasteiger partial charge in [-0.25, -0.2) is 0 Å². The predicted molar refractivity (Wildman–Crippen MR) is 129 cm³/mol. The van der Waals surface area contributed by atoms with Gasteiger partial charge >= 0.3 is 0 Å². The van der Waals surface area contributed by atoms with Gasteiger partial charge < -0.3 is 10.6 Å². The van der Waals surface area contributed by atoms with Gasteiger partial charge in [0.1, 0.15) is 5.56 Å². The number of rotatable bonds is 6. The molecule has 1 heterocycles. The van der Waals surface area contributed by atoms with Crippen LogP contribution in [0.4, 0.5) is 5.69 Å². The fourth-order valence-electron chi connectivity index (χ4n) is 3.45. The summed E-state index contributed by atoms with van der Waals surface area (Å²) in [7, 11) is 0. The molecule has 3 aromatic carbocycles. The summed E-state index contributed by atoms with van der Waals surface area (Å²) >= 11 is 0. The Balaban J connectivity index is 1.49. The highest BCUT2D eigenvalue weighted by Crippen LogP contribution is 2.14. The zero-order chi connectivity index (χ0) is 23.2. The lowest BCUT2D eigenvalue weighted by Gasteiger charge is -2.11. The zero-order valence-corrected chi connectivity index (χ0v) is 18.1. The third-order valence-electron chi connectivity index (χ3n) is 5.33. The van der Waals surface area contributed by atoms with E-state index in [4.69, 9.17) is 0 Å². The van der Waals surface area contributed by atoms with Crippen molar-refractivity contribution in [3.8, 4) is 5.69 Å². The topological polar surface area (TPSA) is 80.2 Å². The van der Waals surface area contributed by atoms with Crippen LogP contribution in [0.2, 0.25) is 0 Å². The first-order valence-corrected chi connectivity index (χ1v) is 10.5. The first kappa shape index (κ1) is 21.8. The van der Waals surface area contributed by atoms with Crippen molar-refractivity contribution in [2.75, 3.05) is 5.32 Å². The Morgan fingerprint density at radius 1 is 0.788 bits per heavy atom. The predicted octanol–water partition coefficient (Wildman–Crippen LogP) is 4.33. The number of aryl methyl sites for hydroxylation is 1. The lowest BCUT2D eigenvalue weighted by Crippen LogP contribution is -2.32. The molecule has 164 valence electrons. The second kappa shape index (κ2) is 9.78. The third kappa shape index (κ3) is 5.07. The Kier molecular flexibility index (Phi) is 6.45. The van der Waals surface area contributed by atoms with Gasteiger partial charge in [-0.1, -0.05) is 42.5 Å². The van der Waals surface area contributed by atoms with Gasteiger partial charge in [-0.05, 0) is 66.6 Å².